The monoisotopic (exact) mass is 269 g/mol. The van der Waals surface area contributed by atoms with Gasteiger partial charge < -0.3 is 10.2 Å². The van der Waals surface area contributed by atoms with Crippen molar-refractivity contribution in [3.63, 3.8) is 0 Å². The van der Waals surface area contributed by atoms with Crippen LogP contribution >= 0.6 is 0 Å². The Kier molecular flexibility index (Phi) is 2.76. The normalized spacial score (nSPS) is 17.1. The molecule has 0 fully saturated rings. The number of hydrogen-bond acceptors (Lipinski definition) is 3. The predicted molar refractivity (Wildman–Crippen MR) is 71.6 cm³/mol. The largest absolute Gasteiger partial charge is 0.478 e. The second-order valence-electron chi connectivity index (χ2n) is 4.49. The second-order valence-corrected chi connectivity index (χ2v) is 4.49. The van der Waals surface area contributed by atoms with Crippen LogP contribution in [0.3, 0.4) is 0 Å². The number of carbonyl (C=O) groups excluding carboxylic acids is 1. The summed E-state index contributed by atoms with van der Waals surface area (Å²) >= 11 is 0. The highest BCUT2D eigenvalue weighted by Gasteiger charge is 2.36. The molecule has 0 saturated carbocycles. The van der Waals surface area contributed by atoms with Crippen molar-refractivity contribution >= 4 is 17.6 Å². The molecule has 0 saturated heterocycles. The lowest BCUT2D eigenvalue weighted by molar-refractivity contribution is 0.0696. The van der Waals surface area contributed by atoms with E-state index >= 15 is 0 Å². The van der Waals surface area contributed by atoms with Crippen molar-refractivity contribution in [1.29, 1.82) is 0 Å². The number of carboxylic acids is 1. The summed E-state index contributed by atoms with van der Waals surface area (Å²) in [5.41, 5.74) is 1.39. The molecule has 1 aliphatic heterocycles. The van der Waals surface area contributed by atoms with Crippen LogP contribution in [0.2, 0.25) is 0 Å². The van der Waals surface area contributed by atoms with Gasteiger partial charge in [-0.1, -0.05) is 24.3 Å². The van der Waals surface area contributed by atoms with Crippen molar-refractivity contribution in [3.8, 4) is 0 Å². The van der Waals surface area contributed by atoms with Gasteiger partial charge in [0.25, 0.3) is 5.91 Å². The molecule has 0 aliphatic carbocycles. The van der Waals surface area contributed by atoms with Gasteiger partial charge >= 0.3 is 5.97 Å². The van der Waals surface area contributed by atoms with Gasteiger partial charge in [0.15, 0.2) is 6.23 Å². The molecular formula is C15H11NO4. The number of nitrogens with zero attached hydrogens (tertiary/aromatic N) is 1. The van der Waals surface area contributed by atoms with E-state index in [1.54, 1.807) is 36.4 Å². The summed E-state index contributed by atoms with van der Waals surface area (Å²) in [6.07, 6.45) is -1.09. The number of anilines is 1. The van der Waals surface area contributed by atoms with Crippen molar-refractivity contribution in [2.75, 3.05) is 4.90 Å². The summed E-state index contributed by atoms with van der Waals surface area (Å²) in [5.74, 6) is -1.42. The first-order valence-electron chi connectivity index (χ1n) is 6.03. The number of aromatic carboxylic acids is 1. The summed E-state index contributed by atoms with van der Waals surface area (Å²) in [5, 5.41) is 19.2. The van der Waals surface area contributed by atoms with E-state index in [1.165, 1.54) is 17.0 Å². The van der Waals surface area contributed by atoms with E-state index in [-0.39, 0.29) is 11.5 Å². The molecule has 1 atom stereocenters. The standard InChI is InChI=1S/C15H11NO4/c17-13-11-6-1-2-7-12(11)14(18)16(13)10-5-3-4-9(8-10)15(19)20/h1-8,13,17H,(H,19,20)/t13-/m0/s1. The van der Waals surface area contributed by atoms with E-state index in [0.717, 1.165) is 0 Å². The van der Waals surface area contributed by atoms with Gasteiger partial charge in [-0.05, 0) is 24.3 Å². The number of carbonyl (C=O) groups is 2. The van der Waals surface area contributed by atoms with Crippen LogP contribution in [0, 0.1) is 0 Å². The Hall–Kier alpha value is -2.66. The number of carboxylic acid groups (broad SMARTS) is 1. The zero-order valence-electron chi connectivity index (χ0n) is 10.4. The number of aliphatic hydroxyl groups is 1. The first-order chi connectivity index (χ1) is 9.59. The zero-order chi connectivity index (χ0) is 14.3. The van der Waals surface area contributed by atoms with Crippen molar-refractivity contribution in [1.82, 2.24) is 0 Å². The first-order valence-corrected chi connectivity index (χ1v) is 6.03. The van der Waals surface area contributed by atoms with Gasteiger partial charge in [0, 0.05) is 16.8 Å². The van der Waals surface area contributed by atoms with Gasteiger partial charge in [0.1, 0.15) is 0 Å². The Labute approximate surface area is 114 Å². The summed E-state index contributed by atoms with van der Waals surface area (Å²) in [6.45, 7) is 0. The minimum Gasteiger partial charge on any atom is -0.478 e. The highest BCUT2D eigenvalue weighted by molar-refractivity contribution is 6.11. The fourth-order valence-corrected chi connectivity index (χ4v) is 2.34. The fraction of sp³-hybridized carbons (Fsp3) is 0.0667. The van der Waals surface area contributed by atoms with Gasteiger partial charge in [0.2, 0.25) is 0 Å². The topological polar surface area (TPSA) is 77.8 Å². The molecule has 0 unspecified atom stereocenters. The van der Waals surface area contributed by atoms with Gasteiger partial charge in [0.05, 0.1) is 5.56 Å². The third-order valence-corrected chi connectivity index (χ3v) is 3.30. The maximum atomic E-state index is 12.3. The van der Waals surface area contributed by atoms with Crippen molar-refractivity contribution in [2.45, 2.75) is 6.23 Å². The van der Waals surface area contributed by atoms with Crippen molar-refractivity contribution in [3.05, 3.63) is 65.2 Å². The van der Waals surface area contributed by atoms with Gasteiger partial charge in [-0.25, -0.2) is 4.79 Å². The summed E-state index contributed by atoms with van der Waals surface area (Å²) < 4.78 is 0. The molecule has 0 spiro atoms. The van der Waals surface area contributed by atoms with Crippen LogP contribution in [-0.4, -0.2) is 22.1 Å². The third-order valence-electron chi connectivity index (χ3n) is 3.30. The van der Waals surface area contributed by atoms with Crippen LogP contribution in [0.5, 0.6) is 0 Å². The van der Waals surface area contributed by atoms with Crippen molar-refractivity contribution < 1.29 is 19.8 Å². The average molecular weight is 269 g/mol. The Morgan fingerprint density at radius 2 is 1.85 bits per heavy atom. The van der Waals surface area contributed by atoms with E-state index in [4.69, 9.17) is 5.11 Å². The first kappa shape index (κ1) is 12.4. The molecule has 2 aromatic carbocycles. The molecular weight excluding hydrogens is 258 g/mol. The van der Waals surface area contributed by atoms with E-state index in [1.807, 2.05) is 0 Å². The molecule has 20 heavy (non-hydrogen) atoms. The van der Waals surface area contributed by atoms with E-state index < -0.39 is 12.2 Å². The Morgan fingerprint density at radius 3 is 2.55 bits per heavy atom. The summed E-state index contributed by atoms with van der Waals surface area (Å²) in [6, 6.07) is 12.7. The molecule has 0 bridgehead atoms. The SMILES string of the molecule is O=C(O)c1cccc(N2C(=O)c3ccccc3[C@@H]2O)c1. The second kappa shape index (κ2) is 4.47. The number of rotatable bonds is 2. The summed E-state index contributed by atoms with van der Waals surface area (Å²) in [7, 11) is 0. The van der Waals surface area contributed by atoms with Gasteiger partial charge in [-0.3, -0.25) is 9.69 Å². The molecule has 0 aromatic heterocycles. The molecule has 1 heterocycles. The van der Waals surface area contributed by atoms with E-state index in [2.05, 4.69) is 0 Å². The van der Waals surface area contributed by atoms with Crippen molar-refractivity contribution in [2.24, 2.45) is 0 Å². The average Bonchev–Trinajstić information content (AvgIpc) is 2.72. The van der Waals surface area contributed by atoms with Gasteiger partial charge in [-0.2, -0.15) is 0 Å². The molecule has 5 nitrogen and oxygen atoms in total. The molecule has 1 aliphatic rings. The molecule has 100 valence electrons. The van der Waals surface area contributed by atoms with Gasteiger partial charge in [-0.15, -0.1) is 0 Å². The Morgan fingerprint density at radius 1 is 1.10 bits per heavy atom. The van der Waals surface area contributed by atoms with Crippen LogP contribution in [0.15, 0.2) is 48.5 Å². The number of hydrogen-bond donors (Lipinski definition) is 2. The number of fused-ring (bicyclic) bond motifs is 1. The molecule has 2 aromatic rings. The molecule has 2 N–H and O–H groups in total. The lowest BCUT2D eigenvalue weighted by Crippen LogP contribution is -2.27. The maximum Gasteiger partial charge on any atom is 0.335 e. The third kappa shape index (κ3) is 1.76. The smallest absolute Gasteiger partial charge is 0.335 e. The molecule has 0 radical (unpaired) electrons. The number of benzene rings is 2. The Balaban J connectivity index is 2.07. The lowest BCUT2D eigenvalue weighted by atomic mass is 10.1. The Bertz CT molecular complexity index is 711. The molecule has 5 heteroatoms. The van der Waals surface area contributed by atoms with Crippen LogP contribution in [0.4, 0.5) is 5.69 Å². The zero-order valence-corrected chi connectivity index (χ0v) is 10.4. The van der Waals surface area contributed by atoms with Crippen LogP contribution in [0.1, 0.15) is 32.5 Å². The minimum atomic E-state index is -1.09. The number of amides is 1. The minimum absolute atomic E-state index is 0.0680. The molecule has 1 amide bonds. The quantitative estimate of drug-likeness (QED) is 0.874. The number of aliphatic hydroxyl groups excluding tert-OH is 1. The van der Waals surface area contributed by atoms with E-state index in [0.29, 0.717) is 16.8 Å². The highest BCUT2D eigenvalue weighted by atomic mass is 16.4. The maximum absolute atomic E-state index is 12.3. The summed E-state index contributed by atoms with van der Waals surface area (Å²) in [4.78, 5) is 24.5. The molecule has 3 rings (SSSR count). The fourth-order valence-electron chi connectivity index (χ4n) is 2.34. The highest BCUT2D eigenvalue weighted by Crippen LogP contribution is 2.35. The lowest BCUT2D eigenvalue weighted by Gasteiger charge is -2.21. The van der Waals surface area contributed by atoms with Crippen LogP contribution in [-0.2, 0) is 0 Å². The van der Waals surface area contributed by atoms with Crippen LogP contribution in [0.25, 0.3) is 0 Å². The van der Waals surface area contributed by atoms with E-state index in [9.17, 15) is 14.7 Å². The van der Waals surface area contributed by atoms with Crippen LogP contribution < -0.4 is 4.90 Å². The predicted octanol–water partition coefficient (Wildman–Crippen LogP) is 2.04.